The van der Waals surface area contributed by atoms with E-state index in [0.29, 0.717) is 11.7 Å². The Hall–Kier alpha value is -0.820. The number of anilines is 1. The number of rotatable bonds is 5. The average molecular weight is 240 g/mol. The van der Waals surface area contributed by atoms with E-state index in [0.717, 1.165) is 4.88 Å². The van der Waals surface area contributed by atoms with Crippen LogP contribution in [0, 0.1) is 6.92 Å². The monoisotopic (exact) mass is 240 g/mol. The molecule has 0 aromatic carbocycles. The van der Waals surface area contributed by atoms with Crippen LogP contribution < -0.4 is 5.32 Å². The molecule has 86 valence electrons. The molecule has 1 rings (SSSR count). The molecule has 0 unspecified atom stereocenters. The molecule has 0 bridgehead atoms. The van der Waals surface area contributed by atoms with Crippen molar-refractivity contribution in [3.05, 3.63) is 11.1 Å². The number of halogens is 3. The van der Waals surface area contributed by atoms with Gasteiger partial charge >= 0.3 is 6.18 Å². The van der Waals surface area contributed by atoms with Crippen molar-refractivity contribution in [2.75, 3.05) is 25.1 Å². The maximum absolute atomic E-state index is 11.7. The highest BCUT2D eigenvalue weighted by atomic mass is 32.1. The molecule has 0 radical (unpaired) electrons. The van der Waals surface area contributed by atoms with Crippen LogP contribution in [-0.4, -0.2) is 30.9 Å². The summed E-state index contributed by atoms with van der Waals surface area (Å²) in [5.41, 5.74) is 0. The van der Waals surface area contributed by atoms with Crippen molar-refractivity contribution in [3.8, 4) is 0 Å². The third-order valence-corrected chi connectivity index (χ3v) is 2.28. The molecule has 0 aliphatic rings. The molecule has 0 saturated carbocycles. The minimum atomic E-state index is -4.25. The van der Waals surface area contributed by atoms with Crippen LogP contribution in [0.4, 0.5) is 18.3 Å². The summed E-state index contributed by atoms with van der Waals surface area (Å²) in [6.45, 7) is 1.04. The Morgan fingerprint density at radius 2 is 2.27 bits per heavy atom. The second kappa shape index (κ2) is 5.32. The van der Waals surface area contributed by atoms with Gasteiger partial charge in [-0.15, -0.1) is 11.3 Å². The number of hydrogen-bond acceptors (Lipinski definition) is 4. The van der Waals surface area contributed by atoms with E-state index in [-0.39, 0.29) is 6.61 Å². The highest BCUT2D eigenvalue weighted by Gasteiger charge is 2.27. The number of ether oxygens (including phenoxy) is 1. The molecule has 0 spiro atoms. The summed E-state index contributed by atoms with van der Waals surface area (Å²) in [7, 11) is 0. The van der Waals surface area contributed by atoms with Gasteiger partial charge in [-0.3, -0.25) is 0 Å². The lowest BCUT2D eigenvalue weighted by Gasteiger charge is -2.07. The van der Waals surface area contributed by atoms with Gasteiger partial charge in [0.2, 0.25) is 0 Å². The van der Waals surface area contributed by atoms with Gasteiger partial charge in [0.1, 0.15) is 6.61 Å². The first-order valence-electron chi connectivity index (χ1n) is 4.28. The zero-order valence-electron chi connectivity index (χ0n) is 8.10. The van der Waals surface area contributed by atoms with Crippen LogP contribution in [-0.2, 0) is 4.74 Å². The first-order valence-corrected chi connectivity index (χ1v) is 5.10. The number of aryl methyl sites for hydroxylation is 1. The minimum absolute atomic E-state index is 0.0120. The summed E-state index contributed by atoms with van der Waals surface area (Å²) in [5, 5.41) is 3.56. The fourth-order valence-electron chi connectivity index (χ4n) is 0.854. The molecule has 3 nitrogen and oxygen atoms in total. The zero-order chi connectivity index (χ0) is 11.3. The minimum Gasteiger partial charge on any atom is -0.370 e. The maximum atomic E-state index is 11.7. The summed E-state index contributed by atoms with van der Waals surface area (Å²) in [5.74, 6) is 0. The Bertz CT molecular complexity index is 300. The molecule has 7 heteroatoms. The lowest BCUT2D eigenvalue weighted by molar-refractivity contribution is -0.172. The number of nitrogens with one attached hydrogen (secondary N) is 1. The molecule has 0 aliphatic carbocycles. The average Bonchev–Trinajstić information content (AvgIpc) is 2.49. The van der Waals surface area contributed by atoms with Gasteiger partial charge in [-0.25, -0.2) is 4.98 Å². The molecule has 1 aromatic rings. The van der Waals surface area contributed by atoms with Crippen LogP contribution >= 0.6 is 11.3 Å². The summed E-state index contributed by atoms with van der Waals surface area (Å²) in [6.07, 6.45) is -2.55. The van der Waals surface area contributed by atoms with E-state index < -0.39 is 12.8 Å². The van der Waals surface area contributed by atoms with E-state index in [1.54, 1.807) is 6.20 Å². The van der Waals surface area contributed by atoms with Gasteiger partial charge in [-0.05, 0) is 6.92 Å². The van der Waals surface area contributed by atoms with Gasteiger partial charge in [0.15, 0.2) is 5.13 Å². The molecule has 0 fully saturated rings. The van der Waals surface area contributed by atoms with Crippen LogP contribution in [0.1, 0.15) is 4.88 Å². The van der Waals surface area contributed by atoms with Crippen molar-refractivity contribution in [3.63, 3.8) is 0 Å². The molecule has 0 saturated heterocycles. The second-order valence-electron chi connectivity index (χ2n) is 2.87. The van der Waals surface area contributed by atoms with Crippen molar-refractivity contribution in [1.29, 1.82) is 0 Å². The van der Waals surface area contributed by atoms with E-state index in [9.17, 15) is 13.2 Å². The summed E-state index contributed by atoms with van der Waals surface area (Å²) in [4.78, 5) is 5.04. The normalized spacial score (nSPS) is 11.7. The molecule has 0 atom stereocenters. The van der Waals surface area contributed by atoms with Crippen LogP contribution in [0.2, 0.25) is 0 Å². The molecule has 1 aromatic heterocycles. The van der Waals surface area contributed by atoms with Crippen LogP contribution in [0.3, 0.4) is 0 Å². The molecular weight excluding hydrogens is 229 g/mol. The Balaban J connectivity index is 2.07. The summed E-state index contributed by atoms with van der Waals surface area (Å²) >= 11 is 1.45. The van der Waals surface area contributed by atoms with Gasteiger partial charge < -0.3 is 10.1 Å². The number of aromatic nitrogens is 1. The SMILES string of the molecule is Cc1cnc(NCCOCC(F)(F)F)s1. The van der Waals surface area contributed by atoms with Gasteiger partial charge in [0, 0.05) is 17.6 Å². The van der Waals surface area contributed by atoms with Crippen molar-refractivity contribution in [2.24, 2.45) is 0 Å². The van der Waals surface area contributed by atoms with Gasteiger partial charge in [0.25, 0.3) is 0 Å². The highest BCUT2D eigenvalue weighted by Crippen LogP contribution is 2.16. The lowest BCUT2D eigenvalue weighted by atomic mass is 10.6. The third kappa shape index (κ3) is 5.58. The van der Waals surface area contributed by atoms with E-state index in [1.165, 1.54) is 11.3 Å². The number of nitrogens with zero attached hydrogens (tertiary/aromatic N) is 1. The zero-order valence-corrected chi connectivity index (χ0v) is 8.91. The van der Waals surface area contributed by atoms with Gasteiger partial charge in [-0.1, -0.05) is 0 Å². The van der Waals surface area contributed by atoms with Crippen molar-refractivity contribution in [2.45, 2.75) is 13.1 Å². The summed E-state index contributed by atoms with van der Waals surface area (Å²) in [6, 6.07) is 0. The molecule has 0 amide bonds. The fourth-order valence-corrected chi connectivity index (χ4v) is 1.54. The molecule has 15 heavy (non-hydrogen) atoms. The standard InChI is InChI=1S/C8H11F3N2OS/c1-6-4-13-7(15-6)12-2-3-14-5-8(9,10)11/h4H,2-3,5H2,1H3,(H,12,13). The van der Waals surface area contributed by atoms with Crippen molar-refractivity contribution >= 4 is 16.5 Å². The first-order chi connectivity index (χ1) is 6.97. The van der Waals surface area contributed by atoms with E-state index in [2.05, 4.69) is 15.0 Å². The van der Waals surface area contributed by atoms with Gasteiger partial charge in [0.05, 0.1) is 6.61 Å². The van der Waals surface area contributed by atoms with Crippen LogP contribution in [0.25, 0.3) is 0 Å². The Kier molecular flexibility index (Phi) is 4.34. The molecular formula is C8H11F3N2OS. The van der Waals surface area contributed by atoms with Crippen LogP contribution in [0.15, 0.2) is 6.20 Å². The summed E-state index contributed by atoms with van der Waals surface area (Å²) < 4.78 is 39.4. The largest absolute Gasteiger partial charge is 0.411 e. The molecule has 1 heterocycles. The predicted octanol–water partition coefficient (Wildman–Crippen LogP) is 2.44. The lowest BCUT2D eigenvalue weighted by Crippen LogP contribution is -2.20. The smallest absolute Gasteiger partial charge is 0.370 e. The Labute approximate surface area is 89.3 Å². The van der Waals surface area contributed by atoms with E-state index in [4.69, 9.17) is 0 Å². The fraction of sp³-hybridized carbons (Fsp3) is 0.625. The quantitative estimate of drug-likeness (QED) is 0.803. The second-order valence-corrected chi connectivity index (χ2v) is 4.11. The predicted molar refractivity (Wildman–Crippen MR) is 52.2 cm³/mol. The highest BCUT2D eigenvalue weighted by molar-refractivity contribution is 7.15. The van der Waals surface area contributed by atoms with Gasteiger partial charge in [-0.2, -0.15) is 13.2 Å². The Morgan fingerprint density at radius 1 is 1.53 bits per heavy atom. The molecule has 1 N–H and O–H groups in total. The number of alkyl halides is 3. The Morgan fingerprint density at radius 3 is 2.80 bits per heavy atom. The third-order valence-electron chi connectivity index (χ3n) is 1.41. The maximum Gasteiger partial charge on any atom is 0.411 e. The van der Waals surface area contributed by atoms with E-state index >= 15 is 0 Å². The number of hydrogen-bond donors (Lipinski definition) is 1. The molecule has 0 aliphatic heterocycles. The number of thiazole rings is 1. The first kappa shape index (κ1) is 12.3. The van der Waals surface area contributed by atoms with Crippen molar-refractivity contribution in [1.82, 2.24) is 4.98 Å². The van der Waals surface area contributed by atoms with Crippen molar-refractivity contribution < 1.29 is 17.9 Å². The van der Waals surface area contributed by atoms with E-state index in [1.807, 2.05) is 6.92 Å². The topological polar surface area (TPSA) is 34.2 Å². The van der Waals surface area contributed by atoms with Crippen LogP contribution in [0.5, 0.6) is 0 Å².